The number of benzene rings is 1. The summed E-state index contributed by atoms with van der Waals surface area (Å²) >= 11 is 0. The number of para-hydroxylation sites is 1. The Hall–Kier alpha value is -3.43. The van der Waals surface area contributed by atoms with E-state index in [1.807, 2.05) is 0 Å². The summed E-state index contributed by atoms with van der Waals surface area (Å²) < 4.78 is 0.878. The average molecular weight is 430 g/mol. The topological polar surface area (TPSA) is 150 Å². The van der Waals surface area contributed by atoms with Gasteiger partial charge in [0, 0.05) is 12.5 Å². The van der Waals surface area contributed by atoms with Gasteiger partial charge in [-0.2, -0.15) is 0 Å². The Morgan fingerprint density at radius 1 is 1.16 bits per heavy atom. The van der Waals surface area contributed by atoms with Crippen LogP contribution in [-0.2, 0) is 20.9 Å². The fourth-order valence-corrected chi connectivity index (χ4v) is 3.82. The second-order valence-corrected chi connectivity index (χ2v) is 7.96. The molecule has 1 atom stereocenters. The van der Waals surface area contributed by atoms with Gasteiger partial charge in [-0.1, -0.05) is 12.1 Å². The number of carbonyl (C=O) groups is 3. The molecule has 1 aliphatic rings. The van der Waals surface area contributed by atoms with Crippen LogP contribution >= 0.6 is 0 Å². The lowest BCUT2D eigenvalue weighted by Gasteiger charge is -2.28. The van der Waals surface area contributed by atoms with Gasteiger partial charge in [-0.15, -0.1) is 0 Å². The molecule has 31 heavy (non-hydrogen) atoms. The number of carbonyl (C=O) groups excluding carboxylic acids is 2. The number of amides is 2. The lowest BCUT2D eigenvalue weighted by atomic mass is 9.81. The predicted molar refractivity (Wildman–Crippen MR) is 113 cm³/mol. The third-order valence-corrected chi connectivity index (χ3v) is 5.73. The molecule has 10 heteroatoms. The van der Waals surface area contributed by atoms with Gasteiger partial charge < -0.3 is 20.7 Å². The Labute approximate surface area is 177 Å². The van der Waals surface area contributed by atoms with Gasteiger partial charge in [-0.3, -0.25) is 23.7 Å². The molecule has 1 aromatic heterocycles. The maximum atomic E-state index is 12.5. The van der Waals surface area contributed by atoms with Crippen molar-refractivity contribution in [2.45, 2.75) is 45.2 Å². The van der Waals surface area contributed by atoms with E-state index in [9.17, 15) is 24.0 Å². The van der Waals surface area contributed by atoms with E-state index in [0.29, 0.717) is 30.3 Å². The molecule has 0 aliphatic heterocycles. The molecule has 4 N–H and O–H groups in total. The van der Waals surface area contributed by atoms with Gasteiger partial charge in [0.05, 0.1) is 10.9 Å². The van der Waals surface area contributed by atoms with E-state index in [0.717, 1.165) is 17.4 Å². The number of nitrogens with one attached hydrogen (secondary N) is 3. The van der Waals surface area contributed by atoms with Crippen LogP contribution in [0.5, 0.6) is 0 Å². The van der Waals surface area contributed by atoms with E-state index in [4.69, 9.17) is 5.11 Å². The van der Waals surface area contributed by atoms with Crippen LogP contribution in [0.4, 0.5) is 0 Å². The molecule has 1 saturated carbocycles. The Morgan fingerprint density at radius 3 is 2.52 bits per heavy atom. The number of aliphatic carboxylic acids is 1. The van der Waals surface area contributed by atoms with Crippen molar-refractivity contribution in [2.75, 3.05) is 6.54 Å². The van der Waals surface area contributed by atoms with E-state index in [1.165, 1.54) is 6.92 Å². The van der Waals surface area contributed by atoms with Crippen LogP contribution in [0.15, 0.2) is 33.9 Å². The fraction of sp³-hybridized carbons (Fsp3) is 0.476. The molecule has 1 fully saturated rings. The highest BCUT2D eigenvalue weighted by molar-refractivity contribution is 5.84. The number of hydrogen-bond acceptors (Lipinski definition) is 5. The number of aromatic nitrogens is 2. The van der Waals surface area contributed by atoms with Gasteiger partial charge in [-0.05, 0) is 50.7 Å². The minimum Gasteiger partial charge on any atom is -0.480 e. The summed E-state index contributed by atoms with van der Waals surface area (Å²) in [7, 11) is 0. The first-order valence-electron chi connectivity index (χ1n) is 10.3. The Morgan fingerprint density at radius 2 is 1.84 bits per heavy atom. The van der Waals surface area contributed by atoms with Gasteiger partial charge in [0.25, 0.3) is 5.56 Å². The van der Waals surface area contributed by atoms with Gasteiger partial charge in [0.2, 0.25) is 11.8 Å². The van der Waals surface area contributed by atoms with Gasteiger partial charge >= 0.3 is 11.7 Å². The van der Waals surface area contributed by atoms with Crippen molar-refractivity contribution in [3.63, 3.8) is 0 Å². The molecule has 2 amide bonds. The van der Waals surface area contributed by atoms with Crippen LogP contribution in [0.25, 0.3) is 10.9 Å². The summed E-state index contributed by atoms with van der Waals surface area (Å²) in [5.41, 5.74) is -0.731. The third-order valence-electron chi connectivity index (χ3n) is 5.73. The smallest absolute Gasteiger partial charge is 0.329 e. The minimum atomic E-state index is -1.07. The maximum absolute atomic E-state index is 12.5. The standard InChI is InChI=1S/C21H26N4O6/c1-12(20(29)30)23-18(27)14-8-6-13(7-9-14)10-22-17(26)11-25-19(28)15-4-2-3-5-16(15)24-21(25)31/h2-5,12-14H,6-11H2,1H3,(H,22,26)(H,23,27)(H,24,31)(H,29,30)/t12-,13?,14?/m1/s1. The molecule has 0 unspecified atom stereocenters. The van der Waals surface area contributed by atoms with Crippen molar-refractivity contribution in [3.8, 4) is 0 Å². The summed E-state index contributed by atoms with van der Waals surface area (Å²) in [4.78, 5) is 62.6. The lowest BCUT2D eigenvalue weighted by Crippen LogP contribution is -2.43. The van der Waals surface area contributed by atoms with Gasteiger partial charge in [0.1, 0.15) is 12.6 Å². The van der Waals surface area contributed by atoms with Crippen molar-refractivity contribution in [1.82, 2.24) is 20.2 Å². The van der Waals surface area contributed by atoms with Crippen LogP contribution in [0.2, 0.25) is 0 Å². The first-order chi connectivity index (χ1) is 14.8. The number of carboxylic acid groups (broad SMARTS) is 1. The highest BCUT2D eigenvalue weighted by Gasteiger charge is 2.28. The number of rotatable bonds is 7. The van der Waals surface area contributed by atoms with Crippen molar-refractivity contribution in [1.29, 1.82) is 0 Å². The van der Waals surface area contributed by atoms with Crippen molar-refractivity contribution in [2.24, 2.45) is 11.8 Å². The molecule has 0 bridgehead atoms. The van der Waals surface area contributed by atoms with Crippen LogP contribution in [0.3, 0.4) is 0 Å². The van der Waals surface area contributed by atoms with Crippen LogP contribution in [0.1, 0.15) is 32.6 Å². The minimum absolute atomic E-state index is 0.177. The summed E-state index contributed by atoms with van der Waals surface area (Å²) in [6, 6.07) is 5.69. The zero-order valence-electron chi connectivity index (χ0n) is 17.2. The number of H-pyrrole nitrogens is 1. The number of nitrogens with zero attached hydrogens (tertiary/aromatic N) is 1. The largest absolute Gasteiger partial charge is 0.480 e. The second kappa shape index (κ2) is 9.59. The van der Waals surface area contributed by atoms with Gasteiger partial charge in [0.15, 0.2) is 0 Å². The third kappa shape index (κ3) is 5.39. The Kier molecular flexibility index (Phi) is 6.88. The average Bonchev–Trinajstić information content (AvgIpc) is 2.75. The van der Waals surface area contributed by atoms with Crippen molar-refractivity contribution >= 4 is 28.7 Å². The SMILES string of the molecule is C[C@@H](NC(=O)C1CCC(CNC(=O)Cn2c(=O)[nH]c3ccccc3c2=O)CC1)C(=O)O. The summed E-state index contributed by atoms with van der Waals surface area (Å²) in [6.07, 6.45) is 2.66. The maximum Gasteiger partial charge on any atom is 0.329 e. The van der Waals surface area contributed by atoms with Crippen molar-refractivity contribution < 1.29 is 19.5 Å². The number of aromatic amines is 1. The molecule has 1 aliphatic carbocycles. The Bertz CT molecular complexity index is 1100. The van der Waals surface area contributed by atoms with E-state index < -0.39 is 29.2 Å². The molecule has 166 valence electrons. The second-order valence-electron chi connectivity index (χ2n) is 7.96. The van der Waals surface area contributed by atoms with Crippen LogP contribution in [0, 0.1) is 11.8 Å². The van der Waals surface area contributed by atoms with Crippen LogP contribution in [-0.4, -0.2) is 45.0 Å². The lowest BCUT2D eigenvalue weighted by molar-refractivity contribution is -0.142. The highest BCUT2D eigenvalue weighted by Crippen LogP contribution is 2.28. The molecule has 10 nitrogen and oxygen atoms in total. The first-order valence-corrected chi connectivity index (χ1v) is 10.3. The van der Waals surface area contributed by atoms with E-state index >= 15 is 0 Å². The van der Waals surface area contributed by atoms with E-state index in [1.54, 1.807) is 24.3 Å². The monoisotopic (exact) mass is 430 g/mol. The quantitative estimate of drug-likeness (QED) is 0.493. The molecule has 2 aromatic rings. The zero-order chi connectivity index (χ0) is 22.5. The fourth-order valence-electron chi connectivity index (χ4n) is 3.82. The van der Waals surface area contributed by atoms with Gasteiger partial charge in [-0.25, -0.2) is 4.79 Å². The molecule has 0 radical (unpaired) electrons. The predicted octanol–water partition coefficient (Wildman–Crippen LogP) is 0.202. The Balaban J connectivity index is 1.50. The van der Waals surface area contributed by atoms with E-state index in [-0.39, 0.29) is 24.3 Å². The van der Waals surface area contributed by atoms with Crippen LogP contribution < -0.4 is 21.9 Å². The molecular weight excluding hydrogens is 404 g/mol. The first kappa shape index (κ1) is 22.3. The normalized spacial score (nSPS) is 19.5. The summed E-state index contributed by atoms with van der Waals surface area (Å²) in [5.74, 6) is -1.82. The molecular formula is C21H26N4O6. The van der Waals surface area contributed by atoms with Crippen molar-refractivity contribution in [3.05, 3.63) is 45.1 Å². The number of hydrogen-bond donors (Lipinski definition) is 4. The molecule has 1 heterocycles. The number of fused-ring (bicyclic) bond motifs is 1. The zero-order valence-corrected chi connectivity index (χ0v) is 17.2. The molecule has 3 rings (SSSR count). The molecule has 0 spiro atoms. The molecule has 0 saturated heterocycles. The highest BCUT2D eigenvalue weighted by atomic mass is 16.4. The number of carboxylic acids is 1. The van der Waals surface area contributed by atoms with E-state index in [2.05, 4.69) is 15.6 Å². The molecule has 1 aromatic carbocycles. The summed E-state index contributed by atoms with van der Waals surface area (Å²) in [5, 5.41) is 14.5. The summed E-state index contributed by atoms with van der Waals surface area (Å²) in [6.45, 7) is 1.44.